The summed E-state index contributed by atoms with van der Waals surface area (Å²) in [4.78, 5) is 20.1. The van der Waals surface area contributed by atoms with Crippen molar-refractivity contribution in [3.8, 4) is 0 Å². The van der Waals surface area contributed by atoms with Crippen molar-refractivity contribution in [1.29, 1.82) is 0 Å². The highest BCUT2D eigenvalue weighted by atomic mass is 35.5. The lowest BCUT2D eigenvalue weighted by Crippen LogP contribution is -2.16. The summed E-state index contributed by atoms with van der Waals surface area (Å²) in [6.45, 7) is 2.63. The molecule has 0 saturated carbocycles. The molecule has 0 aliphatic carbocycles. The highest BCUT2D eigenvalue weighted by Crippen LogP contribution is 1.93. The smallest absolute Gasteiger partial charge is 0.313 e. The molecule has 1 atom stereocenters. The van der Waals surface area contributed by atoms with E-state index in [0.717, 1.165) is 0 Å². The molecule has 9 heavy (non-hydrogen) atoms. The van der Waals surface area contributed by atoms with E-state index in [4.69, 9.17) is 5.11 Å². The van der Waals surface area contributed by atoms with Gasteiger partial charge in [-0.1, -0.05) is 0 Å². The number of carboxylic acids is 1. The molecule has 0 aromatic carbocycles. The summed E-state index contributed by atoms with van der Waals surface area (Å²) < 4.78 is 0. The Bertz CT molecular complexity index is 107. The molecule has 1 N–H and O–H groups in total. The lowest BCUT2D eigenvalue weighted by molar-refractivity contribution is -0.144. The van der Waals surface area contributed by atoms with Gasteiger partial charge in [0, 0.05) is 0 Å². The molecule has 0 aliphatic heterocycles. The van der Waals surface area contributed by atoms with Crippen LogP contribution in [0.3, 0.4) is 0 Å². The maximum atomic E-state index is 10.2. The molecular weight excluding hydrogens is 144 g/mol. The zero-order chi connectivity index (χ0) is 6.73. The van der Waals surface area contributed by atoms with E-state index in [9.17, 15) is 9.59 Å². The van der Waals surface area contributed by atoms with Gasteiger partial charge >= 0.3 is 5.97 Å². The van der Waals surface area contributed by atoms with E-state index in [1.54, 1.807) is 0 Å². The third kappa shape index (κ3) is 3.97. The van der Waals surface area contributed by atoms with Gasteiger partial charge in [-0.3, -0.25) is 9.59 Å². The molecule has 0 heterocycles. The van der Waals surface area contributed by atoms with E-state index in [0.29, 0.717) is 0 Å². The minimum Gasteiger partial charge on any atom is -0.481 e. The van der Waals surface area contributed by atoms with Crippen LogP contribution in [0, 0.1) is 5.92 Å². The van der Waals surface area contributed by atoms with Crippen molar-refractivity contribution >= 4 is 24.2 Å². The fourth-order valence-electron chi connectivity index (χ4n) is 0.174. The van der Waals surface area contributed by atoms with E-state index >= 15 is 0 Å². The van der Waals surface area contributed by atoms with Crippen molar-refractivity contribution in [3.05, 3.63) is 0 Å². The van der Waals surface area contributed by atoms with Gasteiger partial charge in [-0.2, -0.15) is 0 Å². The van der Waals surface area contributed by atoms with Gasteiger partial charge in [0.1, 0.15) is 11.7 Å². The molecule has 0 amide bonds. The summed E-state index contributed by atoms with van der Waals surface area (Å²) >= 11 is 0. The summed E-state index contributed by atoms with van der Waals surface area (Å²) in [5, 5.41) is 8.13. The van der Waals surface area contributed by atoms with Crippen LogP contribution in [0.1, 0.15) is 13.8 Å². The molecule has 1 unspecified atom stereocenters. The molecule has 0 rings (SSSR count). The Morgan fingerprint density at radius 1 is 1.44 bits per heavy atom. The molecule has 0 fully saturated rings. The first-order chi connectivity index (χ1) is 3.55. The summed E-state index contributed by atoms with van der Waals surface area (Å²) in [7, 11) is 0. The summed E-state index contributed by atoms with van der Waals surface area (Å²) in [5.74, 6) is -2.22. The van der Waals surface area contributed by atoms with Gasteiger partial charge < -0.3 is 5.11 Å². The van der Waals surface area contributed by atoms with Crippen LogP contribution < -0.4 is 0 Å². The monoisotopic (exact) mass is 152 g/mol. The van der Waals surface area contributed by atoms with Crippen molar-refractivity contribution in [3.63, 3.8) is 0 Å². The molecule has 0 aromatic rings. The first-order valence-corrected chi connectivity index (χ1v) is 2.29. The van der Waals surface area contributed by atoms with Gasteiger partial charge in [-0.25, -0.2) is 0 Å². The number of carbonyl (C=O) groups excluding carboxylic acids is 1. The van der Waals surface area contributed by atoms with Gasteiger partial charge in [0.25, 0.3) is 0 Å². The maximum absolute atomic E-state index is 10.2. The van der Waals surface area contributed by atoms with E-state index in [-0.39, 0.29) is 18.2 Å². The molecule has 0 bridgehead atoms. The maximum Gasteiger partial charge on any atom is 0.313 e. The van der Waals surface area contributed by atoms with Crippen LogP contribution in [0.15, 0.2) is 0 Å². The molecule has 0 aromatic heterocycles. The summed E-state index contributed by atoms with van der Waals surface area (Å²) in [5.41, 5.74) is 0. The fraction of sp³-hybridized carbons (Fsp3) is 0.600. The van der Waals surface area contributed by atoms with Crippen LogP contribution in [0.5, 0.6) is 0 Å². The highest BCUT2D eigenvalue weighted by molar-refractivity contribution is 5.96. The van der Waals surface area contributed by atoms with Gasteiger partial charge in [0.2, 0.25) is 0 Å². The van der Waals surface area contributed by atoms with Gasteiger partial charge in [0.15, 0.2) is 0 Å². The number of hydrogen-bond acceptors (Lipinski definition) is 2. The zero-order valence-electron chi connectivity index (χ0n) is 5.25. The molecule has 4 heteroatoms. The number of aliphatic carboxylic acids is 1. The number of carboxylic acid groups (broad SMARTS) is 1. The summed E-state index contributed by atoms with van der Waals surface area (Å²) in [6.07, 6.45) is 0. The number of hydrogen-bond donors (Lipinski definition) is 1. The van der Waals surface area contributed by atoms with Crippen LogP contribution in [0.25, 0.3) is 0 Å². The second kappa shape index (κ2) is 4.32. The fourth-order valence-corrected chi connectivity index (χ4v) is 0.174. The van der Waals surface area contributed by atoms with Gasteiger partial charge in [-0.05, 0) is 13.8 Å². The SMILES string of the molecule is CC(=O)C(C)C(=O)O.Cl. The first kappa shape index (κ1) is 11.3. The van der Waals surface area contributed by atoms with Crippen LogP contribution in [-0.4, -0.2) is 16.9 Å². The number of halogens is 1. The average molecular weight is 153 g/mol. The second-order valence-corrected chi connectivity index (χ2v) is 1.67. The minimum absolute atomic E-state index is 0. The minimum atomic E-state index is -1.06. The van der Waals surface area contributed by atoms with Crippen molar-refractivity contribution in [1.82, 2.24) is 0 Å². The second-order valence-electron chi connectivity index (χ2n) is 1.67. The van der Waals surface area contributed by atoms with Crippen molar-refractivity contribution in [2.45, 2.75) is 13.8 Å². The van der Waals surface area contributed by atoms with E-state index < -0.39 is 11.9 Å². The molecule has 0 radical (unpaired) electrons. The third-order valence-electron chi connectivity index (χ3n) is 0.980. The van der Waals surface area contributed by atoms with Gasteiger partial charge in [0.05, 0.1) is 0 Å². The topological polar surface area (TPSA) is 54.4 Å². The molecule has 3 nitrogen and oxygen atoms in total. The first-order valence-electron chi connectivity index (χ1n) is 2.29. The van der Waals surface area contributed by atoms with Crippen LogP contribution in [-0.2, 0) is 9.59 Å². The van der Waals surface area contributed by atoms with Gasteiger partial charge in [-0.15, -0.1) is 12.4 Å². The Labute approximate surface area is 59.5 Å². The molecule has 54 valence electrons. The van der Waals surface area contributed by atoms with Crippen LogP contribution in [0.2, 0.25) is 0 Å². The molecule has 0 saturated heterocycles. The Morgan fingerprint density at radius 2 is 1.78 bits per heavy atom. The molecule has 0 aliphatic rings. The predicted molar refractivity (Wildman–Crippen MR) is 34.7 cm³/mol. The average Bonchev–Trinajstić information content (AvgIpc) is 1.64. The van der Waals surface area contributed by atoms with Crippen LogP contribution in [0.4, 0.5) is 0 Å². The number of ketones is 1. The largest absolute Gasteiger partial charge is 0.481 e. The normalized spacial score (nSPS) is 11.3. The lowest BCUT2D eigenvalue weighted by atomic mass is 10.1. The zero-order valence-corrected chi connectivity index (χ0v) is 6.07. The van der Waals surface area contributed by atoms with E-state index in [2.05, 4.69) is 0 Å². The Kier molecular flexibility index (Phi) is 5.41. The highest BCUT2D eigenvalue weighted by Gasteiger charge is 2.14. The molecular formula is C5H9ClO3. The standard InChI is InChI=1S/C5H8O3.ClH/c1-3(4(2)6)5(7)8;/h3H,1-2H3,(H,7,8);1H. The van der Waals surface area contributed by atoms with Crippen LogP contribution >= 0.6 is 12.4 Å². The number of Topliss-reactive ketones (excluding diaryl/α,β-unsaturated/α-hetero) is 1. The Morgan fingerprint density at radius 3 is 1.78 bits per heavy atom. The van der Waals surface area contributed by atoms with Crippen molar-refractivity contribution < 1.29 is 14.7 Å². The predicted octanol–water partition coefficient (Wildman–Crippen LogP) is 0.718. The van der Waals surface area contributed by atoms with Crippen molar-refractivity contribution in [2.24, 2.45) is 5.92 Å². The van der Waals surface area contributed by atoms with E-state index in [1.165, 1.54) is 13.8 Å². The summed E-state index contributed by atoms with van der Waals surface area (Å²) in [6, 6.07) is 0. The Balaban J connectivity index is 0. The third-order valence-corrected chi connectivity index (χ3v) is 0.980. The quantitative estimate of drug-likeness (QED) is 0.594. The number of carbonyl (C=O) groups is 2. The Hall–Kier alpha value is -0.570. The lowest BCUT2D eigenvalue weighted by Gasteiger charge is -1.96. The van der Waals surface area contributed by atoms with Crippen molar-refractivity contribution in [2.75, 3.05) is 0 Å². The van der Waals surface area contributed by atoms with E-state index in [1.807, 2.05) is 0 Å². The molecule has 0 spiro atoms. The number of rotatable bonds is 2.